The monoisotopic (exact) mass is 412 g/mol. The number of hydrogen-bond donors (Lipinski definition) is 2. The van der Waals surface area contributed by atoms with E-state index < -0.39 is 9.71 Å². The maximum absolute atomic E-state index is 10.4. The van der Waals surface area contributed by atoms with Gasteiger partial charge in [-0.05, 0) is 36.6 Å². The Morgan fingerprint density at radius 3 is 2.13 bits per heavy atom. The van der Waals surface area contributed by atoms with Crippen LogP contribution < -0.4 is 0 Å². The number of aryl methyl sites for hydroxylation is 1. The third-order valence-electron chi connectivity index (χ3n) is 3.75. The second-order valence-electron chi connectivity index (χ2n) is 5.22. The van der Waals surface area contributed by atoms with E-state index in [9.17, 15) is 10.2 Å². The summed E-state index contributed by atoms with van der Waals surface area (Å²) < 4.78 is -1.82. The highest BCUT2D eigenvalue weighted by molar-refractivity contribution is 6.68. The maximum Gasteiger partial charge on any atom is 0.201 e. The summed E-state index contributed by atoms with van der Waals surface area (Å²) in [5.41, 5.74) is 1.99. The van der Waals surface area contributed by atoms with E-state index >= 15 is 0 Å². The number of phenolic OH excluding ortho intramolecular Hbond substituents is 2. The van der Waals surface area contributed by atoms with Crippen LogP contribution in [0.25, 0.3) is 0 Å². The molecule has 0 bridgehead atoms. The Morgan fingerprint density at radius 2 is 1.57 bits per heavy atom. The summed E-state index contributed by atoms with van der Waals surface area (Å²) >= 11 is 30.7. The predicted octanol–water partition coefficient (Wildman–Crippen LogP) is 6.52. The van der Waals surface area contributed by atoms with Crippen LogP contribution in [0.5, 0.6) is 11.5 Å². The highest BCUT2D eigenvalue weighted by Crippen LogP contribution is 2.52. The summed E-state index contributed by atoms with van der Waals surface area (Å²) in [4.78, 5) is 0. The van der Waals surface area contributed by atoms with E-state index in [1.807, 2.05) is 0 Å². The van der Waals surface area contributed by atoms with Crippen LogP contribution in [0.3, 0.4) is 0 Å². The first kappa shape index (κ1) is 18.8. The van der Waals surface area contributed by atoms with Crippen molar-refractivity contribution in [2.24, 2.45) is 0 Å². The fraction of sp³-hybridized carbons (Fsp3) is 0.250. The number of benzene rings is 2. The Labute approximate surface area is 159 Å². The Kier molecular flexibility index (Phi) is 5.55. The second-order valence-corrected chi connectivity index (χ2v) is 8.38. The van der Waals surface area contributed by atoms with E-state index in [1.54, 1.807) is 38.1 Å². The summed E-state index contributed by atoms with van der Waals surface area (Å²) in [6, 6.07) is 6.60. The quantitative estimate of drug-likeness (QED) is 0.434. The molecule has 7 heteroatoms. The number of rotatable bonds is 2. The average molecular weight is 415 g/mol. The van der Waals surface area contributed by atoms with Crippen molar-refractivity contribution in [3.05, 3.63) is 56.6 Å². The molecular weight excluding hydrogens is 401 g/mol. The molecule has 0 heterocycles. The lowest BCUT2D eigenvalue weighted by Gasteiger charge is -2.28. The van der Waals surface area contributed by atoms with Gasteiger partial charge in [0.05, 0.1) is 16.0 Å². The second kappa shape index (κ2) is 6.78. The zero-order valence-corrected chi connectivity index (χ0v) is 16.0. The number of halogens is 5. The summed E-state index contributed by atoms with van der Waals surface area (Å²) in [6.07, 6.45) is 0. The molecular formula is C16H13Cl5O2. The molecule has 0 fully saturated rings. The molecule has 0 radical (unpaired) electrons. The van der Waals surface area contributed by atoms with Crippen molar-refractivity contribution in [1.29, 1.82) is 0 Å². The Balaban J connectivity index is 2.79. The van der Waals surface area contributed by atoms with E-state index in [4.69, 9.17) is 58.0 Å². The first-order valence-corrected chi connectivity index (χ1v) is 8.47. The minimum atomic E-state index is -1.82. The third-order valence-corrected chi connectivity index (χ3v) is 5.24. The SMILES string of the molecule is Cc1cc(C(c2cccc(Cl)c2Cl)C(Cl)(Cl)Cl)c(O)c(O)c1C. The third kappa shape index (κ3) is 3.62. The Bertz CT molecular complexity index is 753. The number of hydrogen-bond acceptors (Lipinski definition) is 2. The molecule has 0 spiro atoms. The lowest BCUT2D eigenvalue weighted by atomic mass is 9.89. The van der Waals surface area contributed by atoms with Crippen LogP contribution in [0.2, 0.25) is 10.0 Å². The van der Waals surface area contributed by atoms with Crippen molar-refractivity contribution < 1.29 is 10.2 Å². The topological polar surface area (TPSA) is 40.5 Å². The van der Waals surface area contributed by atoms with E-state index in [-0.39, 0.29) is 22.1 Å². The van der Waals surface area contributed by atoms with Gasteiger partial charge in [-0.3, -0.25) is 0 Å². The number of phenols is 2. The van der Waals surface area contributed by atoms with Crippen molar-refractivity contribution in [2.75, 3.05) is 0 Å². The predicted molar refractivity (Wildman–Crippen MR) is 97.8 cm³/mol. The van der Waals surface area contributed by atoms with Crippen LogP contribution in [0.4, 0.5) is 0 Å². The van der Waals surface area contributed by atoms with Gasteiger partial charge in [-0.25, -0.2) is 0 Å². The first-order chi connectivity index (χ1) is 10.6. The molecule has 2 aromatic carbocycles. The molecule has 23 heavy (non-hydrogen) atoms. The van der Waals surface area contributed by atoms with Crippen molar-refractivity contribution in [2.45, 2.75) is 23.6 Å². The molecule has 124 valence electrons. The average Bonchev–Trinajstić information content (AvgIpc) is 2.45. The first-order valence-electron chi connectivity index (χ1n) is 6.58. The highest BCUT2D eigenvalue weighted by atomic mass is 35.6. The lowest BCUT2D eigenvalue weighted by molar-refractivity contribution is 0.394. The fourth-order valence-electron chi connectivity index (χ4n) is 2.39. The summed E-state index contributed by atoms with van der Waals surface area (Å²) in [6.45, 7) is 3.47. The largest absolute Gasteiger partial charge is 0.504 e. The molecule has 2 nitrogen and oxygen atoms in total. The minimum Gasteiger partial charge on any atom is -0.504 e. The number of aromatic hydroxyl groups is 2. The minimum absolute atomic E-state index is 0.225. The van der Waals surface area contributed by atoms with Gasteiger partial charge >= 0.3 is 0 Å². The van der Waals surface area contributed by atoms with Crippen LogP contribution >= 0.6 is 58.0 Å². The molecule has 0 aliphatic rings. The van der Waals surface area contributed by atoms with Crippen LogP contribution in [0.15, 0.2) is 24.3 Å². The lowest BCUT2D eigenvalue weighted by Crippen LogP contribution is -2.19. The molecule has 0 aliphatic heterocycles. The zero-order valence-electron chi connectivity index (χ0n) is 12.2. The van der Waals surface area contributed by atoms with Gasteiger partial charge in [0.15, 0.2) is 11.5 Å². The van der Waals surface area contributed by atoms with Gasteiger partial charge in [0.25, 0.3) is 0 Å². The molecule has 0 amide bonds. The van der Waals surface area contributed by atoms with Gasteiger partial charge in [0, 0.05) is 5.56 Å². The Hall–Kier alpha value is -0.510. The normalized spacial score (nSPS) is 13.2. The summed E-state index contributed by atoms with van der Waals surface area (Å²) in [7, 11) is 0. The standard InChI is InChI=1S/C16H13Cl5O2/c1-7-6-10(15(23)14(22)8(7)2)12(16(19,20)21)9-4-3-5-11(17)13(9)18/h3-6,12,22-23H,1-2H3. The molecule has 0 aromatic heterocycles. The maximum atomic E-state index is 10.4. The molecule has 2 aromatic rings. The fourth-order valence-corrected chi connectivity index (χ4v) is 3.52. The smallest absolute Gasteiger partial charge is 0.201 e. The van der Waals surface area contributed by atoms with E-state index in [1.165, 1.54) is 0 Å². The molecule has 0 saturated heterocycles. The Morgan fingerprint density at radius 1 is 0.957 bits per heavy atom. The van der Waals surface area contributed by atoms with E-state index in [0.29, 0.717) is 16.1 Å². The molecule has 1 unspecified atom stereocenters. The molecule has 0 saturated carbocycles. The highest BCUT2D eigenvalue weighted by Gasteiger charge is 2.39. The summed E-state index contributed by atoms with van der Waals surface area (Å²) in [5.74, 6) is -1.51. The van der Waals surface area contributed by atoms with Gasteiger partial charge in [0.2, 0.25) is 3.79 Å². The molecule has 2 rings (SSSR count). The van der Waals surface area contributed by atoms with Gasteiger partial charge < -0.3 is 10.2 Å². The van der Waals surface area contributed by atoms with Crippen LogP contribution in [-0.2, 0) is 0 Å². The van der Waals surface area contributed by atoms with Crippen LogP contribution in [0, 0.1) is 13.8 Å². The number of alkyl halides is 3. The van der Waals surface area contributed by atoms with Crippen molar-refractivity contribution in [3.63, 3.8) is 0 Å². The van der Waals surface area contributed by atoms with Gasteiger partial charge in [-0.2, -0.15) is 0 Å². The van der Waals surface area contributed by atoms with E-state index in [0.717, 1.165) is 5.56 Å². The van der Waals surface area contributed by atoms with E-state index in [2.05, 4.69) is 0 Å². The molecule has 1 atom stereocenters. The van der Waals surface area contributed by atoms with Crippen LogP contribution in [-0.4, -0.2) is 14.0 Å². The summed E-state index contributed by atoms with van der Waals surface area (Å²) in [5, 5.41) is 21.0. The molecule has 2 N–H and O–H groups in total. The van der Waals surface area contributed by atoms with Crippen LogP contribution in [0.1, 0.15) is 28.2 Å². The van der Waals surface area contributed by atoms with Crippen molar-refractivity contribution in [1.82, 2.24) is 0 Å². The van der Waals surface area contributed by atoms with Crippen molar-refractivity contribution in [3.8, 4) is 11.5 Å². The molecule has 0 aliphatic carbocycles. The van der Waals surface area contributed by atoms with Crippen molar-refractivity contribution >= 4 is 58.0 Å². The zero-order chi connectivity index (χ0) is 17.5. The van der Waals surface area contributed by atoms with Gasteiger partial charge in [-0.15, -0.1) is 0 Å². The van der Waals surface area contributed by atoms with Gasteiger partial charge in [0.1, 0.15) is 0 Å². The van der Waals surface area contributed by atoms with Gasteiger partial charge in [-0.1, -0.05) is 76.2 Å².